The first-order valence-electron chi connectivity index (χ1n) is 9.02. The largest absolute Gasteiger partial charge is 0.306 e. The number of carbonyl (C=O) groups excluding carboxylic acids is 1. The Morgan fingerprint density at radius 3 is 3.04 bits per heavy atom. The molecule has 2 aliphatic rings. The minimum Gasteiger partial charge on any atom is -0.306 e. The Labute approximate surface area is 165 Å². The third-order valence-electron chi connectivity index (χ3n) is 5.53. The van der Waals surface area contributed by atoms with E-state index in [2.05, 4.69) is 68.1 Å². The van der Waals surface area contributed by atoms with Gasteiger partial charge >= 0.3 is 0 Å². The number of aromatic nitrogens is 4. The summed E-state index contributed by atoms with van der Waals surface area (Å²) >= 11 is 3.37. The maximum absolute atomic E-state index is 13.4. The number of likely N-dealkylation sites (N-methyl/N-ethyl adjacent to an activating group) is 1. The van der Waals surface area contributed by atoms with Crippen molar-refractivity contribution in [1.82, 2.24) is 24.5 Å². The molecule has 0 bridgehead atoms. The first-order chi connectivity index (χ1) is 13.0. The highest BCUT2D eigenvalue weighted by molar-refractivity contribution is 9.10. The number of nitrogens with zero attached hydrogens (tertiary/aromatic N) is 6. The molecule has 1 amide bonds. The molecule has 0 unspecified atom stereocenters. The van der Waals surface area contributed by atoms with Gasteiger partial charge < -0.3 is 9.80 Å². The van der Waals surface area contributed by atoms with Crippen LogP contribution in [0.1, 0.15) is 34.1 Å². The van der Waals surface area contributed by atoms with Crippen molar-refractivity contribution in [2.45, 2.75) is 25.3 Å². The number of aryl methyl sites for hydroxylation is 1. The second-order valence-electron chi connectivity index (χ2n) is 7.41. The van der Waals surface area contributed by atoms with Crippen LogP contribution >= 0.6 is 15.9 Å². The van der Waals surface area contributed by atoms with Crippen LogP contribution in [0.5, 0.6) is 0 Å². The standard InChI is InChI=1S/C19H19BrN6O/c1-11-3-4-15-13(7-11)14-10-24(2)6-5-16(14)26(15)18(27)17-22-19-21-8-12(20)9-25(19)23-17/h3-4,7-9,14,16H,5-6,10H2,1-2H3/t14-,16-/m1/s1. The van der Waals surface area contributed by atoms with Gasteiger partial charge in [0.05, 0.1) is 4.47 Å². The van der Waals surface area contributed by atoms with E-state index in [0.717, 1.165) is 29.7 Å². The van der Waals surface area contributed by atoms with Gasteiger partial charge in [-0.15, -0.1) is 5.10 Å². The van der Waals surface area contributed by atoms with E-state index in [4.69, 9.17) is 0 Å². The van der Waals surface area contributed by atoms with Gasteiger partial charge in [0.1, 0.15) is 0 Å². The molecule has 27 heavy (non-hydrogen) atoms. The summed E-state index contributed by atoms with van der Waals surface area (Å²) in [7, 11) is 2.14. The Morgan fingerprint density at radius 1 is 1.33 bits per heavy atom. The van der Waals surface area contributed by atoms with Crippen molar-refractivity contribution < 1.29 is 4.79 Å². The molecular formula is C19H19BrN6O. The summed E-state index contributed by atoms with van der Waals surface area (Å²) in [4.78, 5) is 26.3. The number of hydrogen-bond acceptors (Lipinski definition) is 5. The predicted molar refractivity (Wildman–Crippen MR) is 105 cm³/mol. The summed E-state index contributed by atoms with van der Waals surface area (Å²) in [5.41, 5.74) is 3.46. The normalized spacial score (nSPS) is 22.1. The number of hydrogen-bond donors (Lipinski definition) is 0. The first-order valence-corrected chi connectivity index (χ1v) is 9.81. The van der Waals surface area contributed by atoms with Crippen LogP contribution in [-0.4, -0.2) is 56.6 Å². The van der Waals surface area contributed by atoms with Gasteiger partial charge in [-0.3, -0.25) is 4.79 Å². The molecule has 0 saturated carbocycles. The van der Waals surface area contributed by atoms with Crippen LogP contribution in [-0.2, 0) is 0 Å². The molecule has 4 heterocycles. The molecule has 2 atom stereocenters. The van der Waals surface area contributed by atoms with Crippen molar-refractivity contribution in [3.05, 3.63) is 52.0 Å². The van der Waals surface area contributed by atoms with Crippen LogP contribution in [0.2, 0.25) is 0 Å². The molecule has 1 saturated heterocycles. The van der Waals surface area contributed by atoms with E-state index in [-0.39, 0.29) is 17.8 Å². The van der Waals surface area contributed by atoms with Gasteiger partial charge in [-0.2, -0.15) is 4.98 Å². The number of rotatable bonds is 1. The lowest BCUT2D eigenvalue weighted by Gasteiger charge is -2.36. The number of amides is 1. The molecule has 1 fully saturated rings. The van der Waals surface area contributed by atoms with Crippen molar-refractivity contribution in [1.29, 1.82) is 0 Å². The van der Waals surface area contributed by atoms with E-state index in [1.54, 1.807) is 12.4 Å². The molecule has 0 spiro atoms. The fourth-order valence-electron chi connectivity index (χ4n) is 4.30. The molecule has 5 rings (SSSR count). The van der Waals surface area contributed by atoms with Crippen LogP contribution in [0.15, 0.2) is 35.1 Å². The Hall–Kier alpha value is -2.32. The molecule has 8 heteroatoms. The van der Waals surface area contributed by atoms with Crippen LogP contribution in [0.4, 0.5) is 5.69 Å². The highest BCUT2D eigenvalue weighted by atomic mass is 79.9. The monoisotopic (exact) mass is 426 g/mol. The minimum atomic E-state index is -0.154. The summed E-state index contributed by atoms with van der Waals surface area (Å²) in [6, 6.07) is 6.49. The van der Waals surface area contributed by atoms with Crippen molar-refractivity contribution in [3.8, 4) is 0 Å². The van der Waals surface area contributed by atoms with Gasteiger partial charge in [0.2, 0.25) is 5.82 Å². The molecule has 0 radical (unpaired) electrons. The number of benzene rings is 1. The maximum Gasteiger partial charge on any atom is 0.298 e. The quantitative estimate of drug-likeness (QED) is 0.598. The molecule has 0 aliphatic carbocycles. The van der Waals surface area contributed by atoms with Gasteiger partial charge in [-0.25, -0.2) is 9.50 Å². The SMILES string of the molecule is Cc1ccc2c(c1)[C@H]1CN(C)CC[C@H]1N2C(=O)c1nc2ncc(Br)cn2n1. The fourth-order valence-corrected chi connectivity index (χ4v) is 4.60. The van der Waals surface area contributed by atoms with Crippen LogP contribution < -0.4 is 4.90 Å². The number of carbonyl (C=O) groups is 1. The van der Waals surface area contributed by atoms with E-state index < -0.39 is 0 Å². The van der Waals surface area contributed by atoms with Gasteiger partial charge in [-0.05, 0) is 54.5 Å². The second kappa shape index (κ2) is 6.10. The summed E-state index contributed by atoms with van der Waals surface area (Å²) in [6.45, 7) is 4.03. The lowest BCUT2D eigenvalue weighted by atomic mass is 9.89. The topological polar surface area (TPSA) is 66.6 Å². The number of piperidine rings is 1. The van der Waals surface area contributed by atoms with E-state index in [1.165, 1.54) is 15.6 Å². The van der Waals surface area contributed by atoms with Gasteiger partial charge in [0.15, 0.2) is 0 Å². The number of likely N-dealkylation sites (tertiary alicyclic amines) is 1. The summed E-state index contributed by atoms with van der Waals surface area (Å²) < 4.78 is 2.33. The Morgan fingerprint density at radius 2 is 2.19 bits per heavy atom. The second-order valence-corrected chi connectivity index (χ2v) is 8.33. The Balaban J connectivity index is 1.59. The Bertz CT molecular complexity index is 1060. The van der Waals surface area contributed by atoms with Crippen LogP contribution in [0.25, 0.3) is 5.78 Å². The number of anilines is 1. The van der Waals surface area contributed by atoms with E-state index in [0.29, 0.717) is 11.7 Å². The maximum atomic E-state index is 13.4. The predicted octanol–water partition coefficient (Wildman–Crippen LogP) is 2.64. The summed E-state index contributed by atoms with van der Waals surface area (Å²) in [6.07, 6.45) is 4.35. The smallest absolute Gasteiger partial charge is 0.298 e. The highest BCUT2D eigenvalue weighted by Gasteiger charge is 2.45. The third-order valence-corrected chi connectivity index (χ3v) is 5.93. The average Bonchev–Trinajstić information content (AvgIpc) is 3.19. The zero-order valence-electron chi connectivity index (χ0n) is 15.1. The summed E-state index contributed by atoms with van der Waals surface area (Å²) in [5, 5.41) is 4.37. The van der Waals surface area contributed by atoms with Gasteiger partial charge in [0.25, 0.3) is 11.7 Å². The van der Waals surface area contributed by atoms with E-state index in [1.807, 2.05) is 4.90 Å². The van der Waals surface area contributed by atoms with Gasteiger partial charge in [-0.1, -0.05) is 17.7 Å². The highest BCUT2D eigenvalue weighted by Crippen LogP contribution is 2.45. The van der Waals surface area contributed by atoms with Crippen molar-refractivity contribution in [2.24, 2.45) is 0 Å². The lowest BCUT2D eigenvalue weighted by molar-refractivity contribution is 0.0955. The van der Waals surface area contributed by atoms with Crippen LogP contribution in [0, 0.1) is 6.92 Å². The molecule has 3 aromatic rings. The van der Waals surface area contributed by atoms with Crippen molar-refractivity contribution in [3.63, 3.8) is 0 Å². The molecule has 1 aromatic carbocycles. The molecule has 0 N–H and O–H groups in total. The van der Waals surface area contributed by atoms with Gasteiger partial charge in [0, 0.05) is 36.6 Å². The number of fused-ring (bicyclic) bond motifs is 4. The number of halogens is 1. The fraction of sp³-hybridized carbons (Fsp3) is 0.368. The molecule has 2 aliphatic heterocycles. The van der Waals surface area contributed by atoms with Crippen LogP contribution in [0.3, 0.4) is 0 Å². The first kappa shape index (κ1) is 16.8. The Kier molecular flexibility index (Phi) is 3.80. The zero-order valence-corrected chi connectivity index (χ0v) is 16.7. The lowest BCUT2D eigenvalue weighted by Crippen LogP contribution is -2.47. The minimum absolute atomic E-state index is 0.150. The van der Waals surface area contributed by atoms with Crippen molar-refractivity contribution in [2.75, 3.05) is 25.0 Å². The molecular weight excluding hydrogens is 408 g/mol. The molecule has 7 nitrogen and oxygen atoms in total. The average molecular weight is 427 g/mol. The molecule has 138 valence electrons. The van der Waals surface area contributed by atoms with E-state index >= 15 is 0 Å². The van der Waals surface area contributed by atoms with Crippen molar-refractivity contribution >= 4 is 33.3 Å². The zero-order chi connectivity index (χ0) is 18.7. The van der Waals surface area contributed by atoms with E-state index in [9.17, 15) is 4.79 Å². The molecule has 2 aromatic heterocycles. The third kappa shape index (κ3) is 2.66. The summed E-state index contributed by atoms with van der Waals surface area (Å²) in [5.74, 6) is 0.780.